The van der Waals surface area contributed by atoms with E-state index in [1.54, 1.807) is 4.90 Å². The maximum atomic E-state index is 12.2. The molecule has 0 aromatic heterocycles. The summed E-state index contributed by atoms with van der Waals surface area (Å²) >= 11 is 0. The van der Waals surface area contributed by atoms with Crippen LogP contribution in [0.15, 0.2) is 0 Å². The van der Waals surface area contributed by atoms with Crippen LogP contribution in [0.5, 0.6) is 0 Å². The molecule has 0 atom stereocenters. The van der Waals surface area contributed by atoms with Gasteiger partial charge in [0.15, 0.2) is 0 Å². The number of rotatable bonds is 4. The third-order valence-electron chi connectivity index (χ3n) is 4.45. The normalized spacial score (nSPS) is 21.2. The molecule has 2 amide bonds. The van der Waals surface area contributed by atoms with Crippen LogP contribution in [0.1, 0.15) is 45.4 Å². The molecular formula is C16H29N3O3. The average molecular weight is 311 g/mol. The molecule has 2 heterocycles. The molecule has 0 unspecified atom stereocenters. The predicted molar refractivity (Wildman–Crippen MR) is 84.7 cm³/mol. The lowest BCUT2D eigenvalue weighted by Crippen LogP contribution is -2.48. The van der Waals surface area contributed by atoms with E-state index in [1.807, 2.05) is 6.92 Å². The Balaban J connectivity index is 1.66. The van der Waals surface area contributed by atoms with E-state index in [-0.39, 0.29) is 18.0 Å². The Morgan fingerprint density at radius 3 is 2.27 bits per heavy atom. The minimum absolute atomic E-state index is 0.122. The molecule has 0 aromatic rings. The number of nitrogens with one attached hydrogen (secondary N) is 1. The highest BCUT2D eigenvalue weighted by molar-refractivity contribution is 5.78. The zero-order chi connectivity index (χ0) is 15.8. The summed E-state index contributed by atoms with van der Waals surface area (Å²) in [6, 6.07) is 0.185. The van der Waals surface area contributed by atoms with Gasteiger partial charge in [-0.3, -0.25) is 9.69 Å². The van der Waals surface area contributed by atoms with E-state index in [1.165, 1.54) is 25.7 Å². The van der Waals surface area contributed by atoms with Crippen molar-refractivity contribution in [2.75, 3.05) is 39.3 Å². The van der Waals surface area contributed by atoms with Gasteiger partial charge in [-0.05, 0) is 45.7 Å². The lowest BCUT2D eigenvalue weighted by molar-refractivity contribution is -0.123. The average Bonchev–Trinajstić information content (AvgIpc) is 2.77. The van der Waals surface area contributed by atoms with Crippen LogP contribution in [0, 0.1) is 0 Å². The minimum Gasteiger partial charge on any atom is -0.450 e. The molecule has 2 aliphatic rings. The second-order valence-corrected chi connectivity index (χ2v) is 6.22. The molecule has 0 saturated carbocycles. The molecule has 0 aromatic carbocycles. The highest BCUT2D eigenvalue weighted by Crippen LogP contribution is 2.12. The molecule has 0 radical (unpaired) electrons. The molecule has 2 rings (SSSR count). The highest BCUT2D eigenvalue weighted by atomic mass is 16.6. The van der Waals surface area contributed by atoms with Crippen LogP contribution in [0.4, 0.5) is 4.79 Å². The third kappa shape index (κ3) is 5.48. The Bertz CT molecular complexity index is 360. The van der Waals surface area contributed by atoms with E-state index >= 15 is 0 Å². The molecular weight excluding hydrogens is 282 g/mol. The molecule has 0 aliphatic carbocycles. The number of amides is 2. The molecule has 2 saturated heterocycles. The Kier molecular flexibility index (Phi) is 6.96. The number of likely N-dealkylation sites (tertiary alicyclic amines) is 2. The lowest BCUT2D eigenvalue weighted by Gasteiger charge is -2.32. The van der Waals surface area contributed by atoms with Crippen LogP contribution in [-0.4, -0.2) is 67.2 Å². The number of nitrogens with zero attached hydrogens (tertiary/aromatic N) is 2. The fourth-order valence-corrected chi connectivity index (χ4v) is 3.19. The molecule has 0 bridgehead atoms. The van der Waals surface area contributed by atoms with Crippen molar-refractivity contribution < 1.29 is 14.3 Å². The van der Waals surface area contributed by atoms with Crippen LogP contribution in [0.2, 0.25) is 0 Å². The van der Waals surface area contributed by atoms with Gasteiger partial charge in [0, 0.05) is 19.1 Å². The van der Waals surface area contributed by atoms with E-state index in [0.717, 1.165) is 25.9 Å². The van der Waals surface area contributed by atoms with E-state index < -0.39 is 0 Å². The Morgan fingerprint density at radius 1 is 1.05 bits per heavy atom. The van der Waals surface area contributed by atoms with Crippen molar-refractivity contribution in [3.05, 3.63) is 0 Å². The number of carbonyl (C=O) groups excluding carboxylic acids is 2. The second kappa shape index (κ2) is 8.98. The minimum atomic E-state index is -0.239. The van der Waals surface area contributed by atoms with E-state index in [9.17, 15) is 9.59 Å². The number of carbonyl (C=O) groups is 2. The van der Waals surface area contributed by atoms with Gasteiger partial charge in [0.25, 0.3) is 0 Å². The lowest BCUT2D eigenvalue weighted by atomic mass is 10.1. The first-order valence-electron chi connectivity index (χ1n) is 8.62. The predicted octanol–water partition coefficient (Wildman–Crippen LogP) is 1.60. The quantitative estimate of drug-likeness (QED) is 0.856. The number of piperidine rings is 1. The first-order chi connectivity index (χ1) is 10.7. The van der Waals surface area contributed by atoms with Gasteiger partial charge >= 0.3 is 6.09 Å². The van der Waals surface area contributed by atoms with Gasteiger partial charge in [-0.25, -0.2) is 4.79 Å². The molecule has 1 N–H and O–H groups in total. The van der Waals surface area contributed by atoms with Crippen LogP contribution in [0.3, 0.4) is 0 Å². The van der Waals surface area contributed by atoms with E-state index in [0.29, 0.717) is 26.2 Å². The Hall–Kier alpha value is -1.30. The van der Waals surface area contributed by atoms with Crippen LogP contribution in [-0.2, 0) is 9.53 Å². The van der Waals surface area contributed by atoms with Crippen molar-refractivity contribution in [2.45, 2.75) is 51.5 Å². The van der Waals surface area contributed by atoms with Crippen LogP contribution < -0.4 is 5.32 Å². The molecule has 22 heavy (non-hydrogen) atoms. The summed E-state index contributed by atoms with van der Waals surface area (Å²) in [4.78, 5) is 27.8. The SMILES string of the molecule is CCOC(=O)N1CCC(NC(=O)CN2CCCCCC2)CC1. The van der Waals surface area contributed by atoms with Crippen LogP contribution >= 0.6 is 0 Å². The van der Waals surface area contributed by atoms with Gasteiger partial charge in [0.05, 0.1) is 13.2 Å². The summed E-state index contributed by atoms with van der Waals surface area (Å²) in [6.45, 7) is 6.13. The van der Waals surface area contributed by atoms with Crippen LogP contribution in [0.25, 0.3) is 0 Å². The van der Waals surface area contributed by atoms with E-state index in [4.69, 9.17) is 4.74 Å². The zero-order valence-electron chi connectivity index (χ0n) is 13.7. The van der Waals surface area contributed by atoms with E-state index in [2.05, 4.69) is 10.2 Å². The maximum Gasteiger partial charge on any atom is 0.409 e. The van der Waals surface area contributed by atoms with Crippen molar-refractivity contribution in [3.63, 3.8) is 0 Å². The Labute approximate surface area is 133 Å². The third-order valence-corrected chi connectivity index (χ3v) is 4.45. The summed E-state index contributed by atoms with van der Waals surface area (Å²) in [6.07, 6.45) is 6.34. The number of ether oxygens (including phenoxy) is 1. The molecule has 0 spiro atoms. The second-order valence-electron chi connectivity index (χ2n) is 6.22. The summed E-state index contributed by atoms with van der Waals surface area (Å²) < 4.78 is 5.00. The maximum absolute atomic E-state index is 12.2. The topological polar surface area (TPSA) is 61.9 Å². The summed E-state index contributed by atoms with van der Waals surface area (Å²) in [7, 11) is 0. The smallest absolute Gasteiger partial charge is 0.409 e. The van der Waals surface area contributed by atoms with Gasteiger partial charge in [-0.2, -0.15) is 0 Å². The molecule has 2 aliphatic heterocycles. The zero-order valence-corrected chi connectivity index (χ0v) is 13.7. The number of hydrogen-bond donors (Lipinski definition) is 1. The summed E-state index contributed by atoms with van der Waals surface area (Å²) in [5.41, 5.74) is 0. The van der Waals surface area contributed by atoms with Gasteiger partial charge in [0.1, 0.15) is 0 Å². The summed E-state index contributed by atoms with van der Waals surface area (Å²) in [5.74, 6) is 0.122. The largest absolute Gasteiger partial charge is 0.450 e. The van der Waals surface area contributed by atoms with Gasteiger partial charge < -0.3 is 15.0 Å². The fourth-order valence-electron chi connectivity index (χ4n) is 3.19. The molecule has 6 nitrogen and oxygen atoms in total. The Morgan fingerprint density at radius 2 is 1.68 bits per heavy atom. The first kappa shape index (κ1) is 17.1. The van der Waals surface area contributed by atoms with Crippen molar-refractivity contribution in [3.8, 4) is 0 Å². The van der Waals surface area contributed by atoms with Crippen molar-refractivity contribution in [1.29, 1.82) is 0 Å². The first-order valence-corrected chi connectivity index (χ1v) is 8.62. The molecule has 2 fully saturated rings. The van der Waals surface area contributed by atoms with Gasteiger partial charge in [-0.15, -0.1) is 0 Å². The standard InChI is InChI=1S/C16H29N3O3/c1-2-22-16(21)19-11-7-14(8-12-19)17-15(20)13-18-9-5-3-4-6-10-18/h14H,2-13H2,1H3,(H,17,20). The summed E-state index contributed by atoms with van der Waals surface area (Å²) in [5, 5.41) is 3.12. The molecule has 126 valence electrons. The highest BCUT2D eigenvalue weighted by Gasteiger charge is 2.25. The fraction of sp³-hybridized carbons (Fsp3) is 0.875. The molecule has 6 heteroatoms. The number of hydrogen-bond acceptors (Lipinski definition) is 4. The van der Waals surface area contributed by atoms with Gasteiger partial charge in [-0.1, -0.05) is 12.8 Å². The van der Waals surface area contributed by atoms with Crippen molar-refractivity contribution in [1.82, 2.24) is 15.1 Å². The van der Waals surface area contributed by atoms with Gasteiger partial charge in [0.2, 0.25) is 5.91 Å². The van der Waals surface area contributed by atoms with Crippen molar-refractivity contribution >= 4 is 12.0 Å². The monoisotopic (exact) mass is 311 g/mol. The van der Waals surface area contributed by atoms with Crippen molar-refractivity contribution in [2.24, 2.45) is 0 Å².